The summed E-state index contributed by atoms with van der Waals surface area (Å²) in [5.41, 5.74) is 13.8. The lowest BCUT2D eigenvalue weighted by Gasteiger charge is -2.29. The molecule has 2 atom stereocenters. The smallest absolute Gasteiger partial charge is 0.254 e. The quantitative estimate of drug-likeness (QED) is 0.663. The molecule has 1 fully saturated rings. The number of hydrogen-bond donors (Lipinski definition) is 4. The molecule has 132 valence electrons. The molecular formula is C18H24N6O. The Morgan fingerprint density at radius 2 is 2.08 bits per heavy atom. The molecule has 1 aromatic carbocycles. The van der Waals surface area contributed by atoms with E-state index in [2.05, 4.69) is 20.6 Å². The van der Waals surface area contributed by atoms with Gasteiger partial charge in [-0.1, -0.05) is 25.0 Å². The molecule has 1 aliphatic carbocycles. The second-order valence-electron chi connectivity index (χ2n) is 6.51. The fourth-order valence-electron chi connectivity index (χ4n) is 3.09. The molecule has 0 aliphatic heterocycles. The van der Waals surface area contributed by atoms with Crippen molar-refractivity contribution in [3.8, 4) is 0 Å². The Morgan fingerprint density at radius 1 is 1.28 bits per heavy atom. The zero-order valence-corrected chi connectivity index (χ0v) is 14.3. The number of anilines is 3. The van der Waals surface area contributed by atoms with Crippen LogP contribution in [-0.4, -0.2) is 28.0 Å². The lowest BCUT2D eigenvalue weighted by Crippen LogP contribution is -2.43. The standard InChI is InChI=1S/C18H24N6O/c1-11-5-4-6-12(9-11)22-17-13(16(20)25)10-21-18(24-17)23-15-8-3-2-7-14(15)19/h4-6,9-10,14-15H,2-3,7-8,19H2,1H3,(H2,20,25)(H2,21,22,23,24)/t14-,15-/m1/s1. The molecule has 0 saturated heterocycles. The maximum atomic E-state index is 11.7. The molecule has 7 nitrogen and oxygen atoms in total. The molecule has 3 rings (SSSR count). The van der Waals surface area contributed by atoms with E-state index in [1.165, 1.54) is 6.20 Å². The average molecular weight is 340 g/mol. The third-order valence-electron chi connectivity index (χ3n) is 4.47. The van der Waals surface area contributed by atoms with Crippen LogP contribution in [0.3, 0.4) is 0 Å². The number of aromatic nitrogens is 2. The van der Waals surface area contributed by atoms with Crippen molar-refractivity contribution in [3.05, 3.63) is 41.6 Å². The summed E-state index contributed by atoms with van der Waals surface area (Å²) < 4.78 is 0. The Hall–Kier alpha value is -2.67. The van der Waals surface area contributed by atoms with Gasteiger partial charge in [-0.15, -0.1) is 0 Å². The summed E-state index contributed by atoms with van der Waals surface area (Å²) in [5, 5.41) is 6.46. The van der Waals surface area contributed by atoms with Crippen LogP contribution in [0.4, 0.5) is 17.5 Å². The highest BCUT2D eigenvalue weighted by Crippen LogP contribution is 2.23. The molecule has 1 aliphatic rings. The van der Waals surface area contributed by atoms with Crippen LogP contribution in [0, 0.1) is 6.92 Å². The van der Waals surface area contributed by atoms with E-state index in [-0.39, 0.29) is 17.6 Å². The molecule has 0 unspecified atom stereocenters. The Bertz CT molecular complexity index is 763. The predicted molar refractivity (Wildman–Crippen MR) is 98.9 cm³/mol. The fraction of sp³-hybridized carbons (Fsp3) is 0.389. The third kappa shape index (κ3) is 4.24. The van der Waals surface area contributed by atoms with Crippen molar-refractivity contribution in [1.29, 1.82) is 0 Å². The number of carbonyl (C=O) groups is 1. The lowest BCUT2D eigenvalue weighted by molar-refractivity contribution is 0.100. The average Bonchev–Trinajstić information content (AvgIpc) is 2.57. The largest absolute Gasteiger partial charge is 0.365 e. The number of carbonyl (C=O) groups excluding carboxylic acids is 1. The first kappa shape index (κ1) is 17.2. The molecule has 6 N–H and O–H groups in total. The molecule has 7 heteroatoms. The Balaban J connectivity index is 1.85. The van der Waals surface area contributed by atoms with Crippen LogP contribution in [-0.2, 0) is 0 Å². The van der Waals surface area contributed by atoms with E-state index in [1.54, 1.807) is 0 Å². The molecule has 2 aromatic rings. The third-order valence-corrected chi connectivity index (χ3v) is 4.47. The molecule has 0 radical (unpaired) electrons. The first-order valence-electron chi connectivity index (χ1n) is 8.55. The minimum absolute atomic E-state index is 0.0846. The second-order valence-corrected chi connectivity index (χ2v) is 6.51. The van der Waals surface area contributed by atoms with Crippen LogP contribution in [0.2, 0.25) is 0 Å². The number of benzene rings is 1. The SMILES string of the molecule is Cc1cccc(Nc2nc(N[C@@H]3CCCC[C@H]3N)ncc2C(N)=O)c1. The van der Waals surface area contributed by atoms with Crippen LogP contribution in [0.1, 0.15) is 41.6 Å². The Kier molecular flexibility index (Phi) is 5.14. The zero-order valence-electron chi connectivity index (χ0n) is 14.3. The van der Waals surface area contributed by atoms with Gasteiger partial charge >= 0.3 is 0 Å². The number of nitrogens with zero attached hydrogens (tertiary/aromatic N) is 2. The van der Waals surface area contributed by atoms with Gasteiger partial charge in [0.25, 0.3) is 5.91 Å². The van der Waals surface area contributed by atoms with E-state index in [9.17, 15) is 4.79 Å². The van der Waals surface area contributed by atoms with Crippen molar-refractivity contribution in [3.63, 3.8) is 0 Å². The molecule has 25 heavy (non-hydrogen) atoms. The van der Waals surface area contributed by atoms with E-state index in [4.69, 9.17) is 11.5 Å². The van der Waals surface area contributed by atoms with Gasteiger partial charge in [-0.25, -0.2) is 4.98 Å². The first-order chi connectivity index (χ1) is 12.0. The molecule has 1 amide bonds. The monoisotopic (exact) mass is 340 g/mol. The number of rotatable bonds is 5. The topological polar surface area (TPSA) is 119 Å². The second kappa shape index (κ2) is 7.48. The normalized spacial score (nSPS) is 20.1. The Labute approximate surface area is 147 Å². The minimum Gasteiger partial charge on any atom is -0.365 e. The van der Waals surface area contributed by atoms with Gasteiger partial charge in [-0.05, 0) is 37.5 Å². The van der Waals surface area contributed by atoms with Crippen molar-refractivity contribution >= 4 is 23.4 Å². The van der Waals surface area contributed by atoms with Gasteiger partial charge in [0.1, 0.15) is 11.4 Å². The van der Waals surface area contributed by atoms with Crippen molar-refractivity contribution in [2.24, 2.45) is 11.5 Å². The number of nitrogens with one attached hydrogen (secondary N) is 2. The predicted octanol–water partition coefficient (Wildman–Crippen LogP) is 2.31. The van der Waals surface area contributed by atoms with Crippen LogP contribution in [0.25, 0.3) is 0 Å². The van der Waals surface area contributed by atoms with Gasteiger partial charge in [0.2, 0.25) is 5.95 Å². The minimum atomic E-state index is -0.573. The summed E-state index contributed by atoms with van der Waals surface area (Å²) in [6.45, 7) is 2.00. The van der Waals surface area contributed by atoms with E-state index < -0.39 is 5.91 Å². The number of amides is 1. The molecule has 0 spiro atoms. The summed E-state index contributed by atoms with van der Waals surface area (Å²) in [4.78, 5) is 20.4. The first-order valence-corrected chi connectivity index (χ1v) is 8.55. The highest BCUT2D eigenvalue weighted by Gasteiger charge is 2.23. The maximum Gasteiger partial charge on any atom is 0.254 e. The van der Waals surface area contributed by atoms with Crippen LogP contribution in [0.5, 0.6) is 0 Å². The van der Waals surface area contributed by atoms with Crippen LogP contribution >= 0.6 is 0 Å². The van der Waals surface area contributed by atoms with Gasteiger partial charge < -0.3 is 22.1 Å². The fourth-order valence-corrected chi connectivity index (χ4v) is 3.09. The van der Waals surface area contributed by atoms with Crippen molar-refractivity contribution in [2.75, 3.05) is 10.6 Å². The van der Waals surface area contributed by atoms with Crippen LogP contribution < -0.4 is 22.1 Å². The number of aryl methyl sites for hydroxylation is 1. The lowest BCUT2D eigenvalue weighted by atomic mass is 9.91. The molecular weight excluding hydrogens is 316 g/mol. The van der Waals surface area contributed by atoms with Gasteiger partial charge in [-0.2, -0.15) is 4.98 Å². The number of hydrogen-bond acceptors (Lipinski definition) is 6. The molecule has 0 bridgehead atoms. The van der Waals surface area contributed by atoms with Crippen molar-refractivity contribution in [1.82, 2.24) is 9.97 Å². The van der Waals surface area contributed by atoms with Gasteiger partial charge in [0.05, 0.1) is 0 Å². The highest BCUT2D eigenvalue weighted by molar-refractivity contribution is 5.98. The highest BCUT2D eigenvalue weighted by atomic mass is 16.1. The summed E-state index contributed by atoms with van der Waals surface area (Å²) in [6.07, 6.45) is 5.72. The van der Waals surface area contributed by atoms with Gasteiger partial charge in [0, 0.05) is 24.0 Å². The summed E-state index contributed by atoms with van der Waals surface area (Å²) in [5.74, 6) is 0.263. The van der Waals surface area contributed by atoms with E-state index in [0.717, 1.165) is 36.9 Å². The number of primary amides is 1. The molecule has 1 aromatic heterocycles. The van der Waals surface area contributed by atoms with E-state index in [0.29, 0.717) is 11.8 Å². The van der Waals surface area contributed by atoms with Gasteiger partial charge in [-0.3, -0.25) is 4.79 Å². The molecule has 1 saturated carbocycles. The van der Waals surface area contributed by atoms with Crippen molar-refractivity contribution < 1.29 is 4.79 Å². The van der Waals surface area contributed by atoms with E-state index in [1.807, 2.05) is 31.2 Å². The van der Waals surface area contributed by atoms with Gasteiger partial charge in [0.15, 0.2) is 0 Å². The summed E-state index contributed by atoms with van der Waals surface area (Å²) in [7, 11) is 0. The summed E-state index contributed by atoms with van der Waals surface area (Å²) >= 11 is 0. The summed E-state index contributed by atoms with van der Waals surface area (Å²) in [6, 6.07) is 8.03. The Morgan fingerprint density at radius 3 is 2.80 bits per heavy atom. The molecule has 1 heterocycles. The van der Waals surface area contributed by atoms with Crippen LogP contribution in [0.15, 0.2) is 30.5 Å². The maximum absolute atomic E-state index is 11.7. The van der Waals surface area contributed by atoms with Crippen molar-refractivity contribution in [2.45, 2.75) is 44.7 Å². The number of nitrogens with two attached hydrogens (primary N) is 2. The zero-order chi connectivity index (χ0) is 17.8. The van der Waals surface area contributed by atoms with E-state index >= 15 is 0 Å².